The Balaban J connectivity index is 1.81. The zero-order chi connectivity index (χ0) is 15.7. The number of urea groups is 1. The van der Waals surface area contributed by atoms with Crippen LogP contribution in [0.25, 0.3) is 0 Å². The summed E-state index contributed by atoms with van der Waals surface area (Å²) in [6.07, 6.45) is 4.45. The van der Waals surface area contributed by atoms with Gasteiger partial charge in [0.25, 0.3) is 0 Å². The maximum Gasteiger partial charge on any atom is 0.334 e. The van der Waals surface area contributed by atoms with E-state index in [1.807, 2.05) is 0 Å². The van der Waals surface area contributed by atoms with E-state index in [1.165, 1.54) is 18.2 Å². The molecule has 0 bridgehead atoms. The van der Waals surface area contributed by atoms with E-state index < -0.39 is 23.7 Å². The zero-order valence-corrected chi connectivity index (χ0v) is 12.1. The van der Waals surface area contributed by atoms with Crippen molar-refractivity contribution < 1.29 is 18.8 Å². The summed E-state index contributed by atoms with van der Waals surface area (Å²) >= 11 is 0. The number of benzene rings is 1. The fraction of sp³-hybridized carbons (Fsp3) is 0.438. The summed E-state index contributed by atoms with van der Waals surface area (Å²) in [7, 11) is 0. The monoisotopic (exact) mass is 304 g/mol. The molecule has 2 aliphatic rings. The maximum absolute atomic E-state index is 13.7. The Morgan fingerprint density at radius 1 is 1.00 bits per heavy atom. The van der Waals surface area contributed by atoms with Crippen LogP contribution in [0.3, 0.4) is 0 Å². The van der Waals surface area contributed by atoms with E-state index >= 15 is 0 Å². The molecule has 0 N–H and O–H groups in total. The summed E-state index contributed by atoms with van der Waals surface area (Å²) in [6, 6.07) is 5.11. The van der Waals surface area contributed by atoms with Gasteiger partial charge in [0.1, 0.15) is 5.82 Å². The summed E-state index contributed by atoms with van der Waals surface area (Å²) in [4.78, 5) is 38.5. The Labute approximate surface area is 127 Å². The summed E-state index contributed by atoms with van der Waals surface area (Å²) in [5.41, 5.74) is 0.225. The highest BCUT2D eigenvalue weighted by Crippen LogP contribution is 2.27. The molecule has 1 heterocycles. The SMILES string of the molecule is O=C1C(=O)N(C2CCCCC2)C(=O)N1Cc1ccccc1F. The van der Waals surface area contributed by atoms with Gasteiger partial charge in [-0.05, 0) is 18.9 Å². The van der Waals surface area contributed by atoms with Crippen molar-refractivity contribution in [3.05, 3.63) is 35.6 Å². The number of hydrogen-bond donors (Lipinski definition) is 0. The molecule has 116 valence electrons. The minimum Gasteiger partial charge on any atom is -0.263 e. The third kappa shape index (κ3) is 2.49. The van der Waals surface area contributed by atoms with Gasteiger partial charge in [0.15, 0.2) is 0 Å². The van der Waals surface area contributed by atoms with Crippen molar-refractivity contribution in [2.45, 2.75) is 44.7 Å². The minimum atomic E-state index is -0.862. The number of hydrogen-bond acceptors (Lipinski definition) is 3. The van der Waals surface area contributed by atoms with Crippen LogP contribution in [-0.4, -0.2) is 33.7 Å². The molecule has 1 aromatic rings. The van der Waals surface area contributed by atoms with E-state index in [0.717, 1.165) is 41.9 Å². The molecule has 5 nitrogen and oxygen atoms in total. The lowest BCUT2D eigenvalue weighted by Gasteiger charge is -2.28. The molecule has 1 aliphatic carbocycles. The van der Waals surface area contributed by atoms with Crippen molar-refractivity contribution in [1.29, 1.82) is 0 Å². The lowest BCUT2D eigenvalue weighted by Crippen LogP contribution is -2.42. The molecule has 0 unspecified atom stereocenters. The molecule has 2 fully saturated rings. The first-order chi connectivity index (χ1) is 10.6. The third-order valence-corrected chi connectivity index (χ3v) is 4.31. The Morgan fingerprint density at radius 2 is 1.68 bits per heavy atom. The maximum atomic E-state index is 13.7. The number of carbonyl (C=O) groups is 3. The van der Waals surface area contributed by atoms with Gasteiger partial charge in [0.2, 0.25) is 0 Å². The van der Waals surface area contributed by atoms with Gasteiger partial charge in [-0.1, -0.05) is 37.5 Å². The van der Waals surface area contributed by atoms with Crippen LogP contribution >= 0.6 is 0 Å². The second kappa shape index (κ2) is 5.87. The Morgan fingerprint density at radius 3 is 2.36 bits per heavy atom. The van der Waals surface area contributed by atoms with Gasteiger partial charge in [0.05, 0.1) is 6.54 Å². The molecular weight excluding hydrogens is 287 g/mol. The number of nitrogens with zero attached hydrogens (tertiary/aromatic N) is 2. The molecule has 3 rings (SSSR count). The first-order valence-corrected chi connectivity index (χ1v) is 7.52. The standard InChI is InChI=1S/C16H17FN2O3/c17-13-9-5-4-6-11(13)10-18-14(20)15(21)19(16(18)22)12-7-2-1-3-8-12/h4-6,9,12H,1-3,7-8,10H2. The molecule has 1 aliphatic heterocycles. The van der Waals surface area contributed by atoms with E-state index in [1.54, 1.807) is 6.07 Å². The molecule has 0 atom stereocenters. The molecule has 0 spiro atoms. The van der Waals surface area contributed by atoms with Crippen LogP contribution < -0.4 is 0 Å². The number of carbonyl (C=O) groups excluding carboxylic acids is 3. The normalized spacial score (nSPS) is 20.1. The van der Waals surface area contributed by atoms with Gasteiger partial charge in [0, 0.05) is 11.6 Å². The van der Waals surface area contributed by atoms with Gasteiger partial charge in [-0.15, -0.1) is 0 Å². The van der Waals surface area contributed by atoms with Gasteiger partial charge in [-0.3, -0.25) is 19.4 Å². The van der Waals surface area contributed by atoms with Gasteiger partial charge in [-0.2, -0.15) is 0 Å². The van der Waals surface area contributed by atoms with Crippen LogP contribution in [0.2, 0.25) is 0 Å². The van der Waals surface area contributed by atoms with E-state index in [2.05, 4.69) is 0 Å². The number of rotatable bonds is 3. The zero-order valence-electron chi connectivity index (χ0n) is 12.1. The molecule has 22 heavy (non-hydrogen) atoms. The predicted molar refractivity (Wildman–Crippen MR) is 76.1 cm³/mol. The molecule has 1 saturated heterocycles. The van der Waals surface area contributed by atoms with Crippen LogP contribution in [0, 0.1) is 5.82 Å². The van der Waals surface area contributed by atoms with E-state index in [0.29, 0.717) is 0 Å². The number of amides is 4. The highest BCUT2D eigenvalue weighted by Gasteiger charge is 2.47. The average Bonchev–Trinajstić information content (AvgIpc) is 2.74. The predicted octanol–water partition coefficient (Wildman–Crippen LogP) is 2.45. The smallest absolute Gasteiger partial charge is 0.263 e. The van der Waals surface area contributed by atoms with Crippen LogP contribution in [0.5, 0.6) is 0 Å². The van der Waals surface area contributed by atoms with Crippen LogP contribution in [0.15, 0.2) is 24.3 Å². The topological polar surface area (TPSA) is 57.7 Å². The summed E-state index contributed by atoms with van der Waals surface area (Å²) in [6.45, 7) is -0.209. The molecule has 0 radical (unpaired) electrons. The van der Waals surface area contributed by atoms with E-state index in [9.17, 15) is 18.8 Å². The largest absolute Gasteiger partial charge is 0.334 e. The lowest BCUT2D eigenvalue weighted by molar-refractivity contribution is -0.144. The van der Waals surface area contributed by atoms with Crippen molar-refractivity contribution in [2.24, 2.45) is 0 Å². The fourth-order valence-corrected chi connectivity index (χ4v) is 3.12. The first kappa shape index (κ1) is 14.7. The molecular formula is C16H17FN2O3. The third-order valence-electron chi connectivity index (χ3n) is 4.31. The number of halogens is 1. The van der Waals surface area contributed by atoms with Crippen LogP contribution in [-0.2, 0) is 16.1 Å². The van der Waals surface area contributed by atoms with Gasteiger partial charge < -0.3 is 0 Å². The molecule has 6 heteroatoms. The summed E-state index contributed by atoms with van der Waals surface area (Å²) in [5, 5.41) is 0. The first-order valence-electron chi connectivity index (χ1n) is 7.52. The minimum absolute atomic E-state index is 0.205. The Hall–Kier alpha value is -2.24. The molecule has 0 aromatic heterocycles. The van der Waals surface area contributed by atoms with Crippen molar-refractivity contribution in [3.8, 4) is 0 Å². The number of imide groups is 2. The van der Waals surface area contributed by atoms with Crippen molar-refractivity contribution >= 4 is 17.8 Å². The molecule has 1 aromatic carbocycles. The fourth-order valence-electron chi connectivity index (χ4n) is 3.12. The summed E-state index contributed by atoms with van der Waals surface area (Å²) < 4.78 is 13.7. The molecule has 1 saturated carbocycles. The quantitative estimate of drug-likeness (QED) is 0.636. The highest BCUT2D eigenvalue weighted by molar-refractivity contribution is 6.44. The van der Waals surface area contributed by atoms with Crippen molar-refractivity contribution in [2.75, 3.05) is 0 Å². The van der Waals surface area contributed by atoms with Crippen LogP contribution in [0.4, 0.5) is 9.18 Å². The van der Waals surface area contributed by atoms with Gasteiger partial charge >= 0.3 is 17.8 Å². The van der Waals surface area contributed by atoms with Crippen molar-refractivity contribution in [3.63, 3.8) is 0 Å². The Kier molecular flexibility index (Phi) is 3.92. The van der Waals surface area contributed by atoms with Gasteiger partial charge in [-0.25, -0.2) is 9.18 Å². The second-order valence-corrected chi connectivity index (χ2v) is 5.73. The van der Waals surface area contributed by atoms with Crippen LogP contribution in [0.1, 0.15) is 37.7 Å². The highest BCUT2D eigenvalue weighted by atomic mass is 19.1. The summed E-state index contributed by atoms with van der Waals surface area (Å²) in [5.74, 6) is -2.14. The average molecular weight is 304 g/mol. The molecule has 4 amide bonds. The van der Waals surface area contributed by atoms with Crippen molar-refractivity contribution in [1.82, 2.24) is 9.80 Å². The Bertz CT molecular complexity index is 626. The van der Waals surface area contributed by atoms with E-state index in [-0.39, 0.29) is 18.2 Å². The lowest BCUT2D eigenvalue weighted by atomic mass is 9.94. The van der Waals surface area contributed by atoms with E-state index in [4.69, 9.17) is 0 Å². The second-order valence-electron chi connectivity index (χ2n) is 5.73.